The highest BCUT2D eigenvalue weighted by atomic mass is 16.5. The lowest BCUT2D eigenvalue weighted by atomic mass is 9.84. The van der Waals surface area contributed by atoms with Crippen molar-refractivity contribution in [3.05, 3.63) is 5.21 Å². The van der Waals surface area contributed by atoms with E-state index in [-0.39, 0.29) is 4.89 Å². The molecule has 7 heteroatoms. The molecule has 1 saturated heterocycles. The summed E-state index contributed by atoms with van der Waals surface area (Å²) in [7, 11) is 1.84. The molecule has 0 radical (unpaired) electrons. The normalized spacial score (nSPS) is 21.9. The van der Waals surface area contributed by atoms with Gasteiger partial charge >= 0.3 is 15.1 Å². The smallest absolute Gasteiger partial charge is 0.447 e. The molecule has 7 heavy (non-hydrogen) atoms. The van der Waals surface area contributed by atoms with E-state index < -0.39 is 0 Å². The van der Waals surface area contributed by atoms with E-state index in [4.69, 9.17) is 0 Å². The fourth-order valence-corrected chi connectivity index (χ4v) is 0.555. The molecule has 0 amide bonds. The van der Waals surface area contributed by atoms with E-state index in [0.717, 1.165) is 7.55 Å². The molecular weight excluding hydrogens is 90.5 g/mol. The predicted molar refractivity (Wildman–Crippen MR) is 32.0 cm³/mol. The molecule has 4 nitrogen and oxygen atoms in total. The van der Waals surface area contributed by atoms with Gasteiger partial charge in [-0.3, -0.25) is 0 Å². The summed E-state index contributed by atoms with van der Waals surface area (Å²) < 4.78 is 0. The predicted octanol–water partition coefficient (Wildman–Crippen LogP) is -4.64. The van der Waals surface area contributed by atoms with Gasteiger partial charge in [0, 0.05) is 0 Å². The van der Waals surface area contributed by atoms with Gasteiger partial charge in [0.1, 0.15) is 0 Å². The number of rotatable bonds is 0. The third-order valence-electron chi connectivity index (χ3n) is 0.894. The van der Waals surface area contributed by atoms with Crippen molar-refractivity contribution < 1.29 is 4.89 Å². The molecule has 0 aliphatic carbocycles. The molecule has 0 atom stereocenters. The average molecular weight is 96.5 g/mol. The lowest BCUT2D eigenvalue weighted by Gasteiger charge is -2.24. The maximum atomic E-state index is 10.3. The molecule has 3 N–H and O–H groups in total. The van der Waals surface area contributed by atoms with Crippen molar-refractivity contribution in [3.8, 4) is 0 Å². The van der Waals surface area contributed by atoms with E-state index in [2.05, 4.69) is 10.3 Å². The second-order valence-electron chi connectivity index (χ2n) is 1.57. The zero-order valence-corrected chi connectivity index (χ0v) is 4.03. The molecule has 36 valence electrons. The maximum Gasteiger partial charge on any atom is 0.447 e. The fourth-order valence-electron chi connectivity index (χ4n) is 0.555. The van der Waals surface area contributed by atoms with E-state index in [1.54, 1.807) is 0 Å². The molecule has 0 aromatic carbocycles. The maximum absolute atomic E-state index is 10.3. The largest absolute Gasteiger partial charge is 0.679 e. The van der Waals surface area contributed by atoms with Gasteiger partial charge < -0.3 is 20.4 Å². The van der Waals surface area contributed by atoms with E-state index in [1.165, 1.54) is 0 Å². The summed E-state index contributed by atoms with van der Waals surface area (Å²) in [6, 6.07) is 0. The molecule has 0 spiro atoms. The number of hydrogen-bond donors (Lipinski definition) is 3. The Balaban J connectivity index is 2.12. The number of nitrogens with one attached hydrogen (secondary N) is 3. The van der Waals surface area contributed by atoms with E-state index in [9.17, 15) is 5.21 Å². The van der Waals surface area contributed by atoms with Crippen LogP contribution in [0.4, 0.5) is 0 Å². The standard InChI is InChI=1S/B3H6N3O/c7-6-2-4-1-5-3-6/h1-6H. The van der Waals surface area contributed by atoms with Gasteiger partial charge in [-0.25, -0.2) is 0 Å². The quantitative estimate of drug-likeness (QED) is 0.210. The summed E-state index contributed by atoms with van der Waals surface area (Å²) in [5.41, 5.74) is 0. The molecule has 0 unspecified atom stereocenters. The first-order valence-corrected chi connectivity index (χ1v) is 2.33. The molecule has 0 bridgehead atoms. The molecule has 1 aliphatic heterocycles. The van der Waals surface area contributed by atoms with Crippen LogP contribution in [0.1, 0.15) is 0 Å². The second kappa shape index (κ2) is 2.37. The topological polar surface area (TPSA) is 51.6 Å². The van der Waals surface area contributed by atoms with Crippen LogP contribution in [0.15, 0.2) is 0 Å². The second-order valence-corrected chi connectivity index (χ2v) is 1.57. The SMILES string of the molecule is [O-][NH+]1BNBNB1. The third-order valence-corrected chi connectivity index (χ3v) is 0.894. The van der Waals surface area contributed by atoms with Gasteiger partial charge in [-0.2, -0.15) is 0 Å². The Hall–Kier alpha value is 0.0348. The van der Waals surface area contributed by atoms with Crippen molar-refractivity contribution in [3.63, 3.8) is 0 Å². The molecule has 1 aliphatic rings. The van der Waals surface area contributed by atoms with Crippen LogP contribution in [0.2, 0.25) is 0 Å². The van der Waals surface area contributed by atoms with Gasteiger partial charge in [0.15, 0.2) is 0 Å². The lowest BCUT2D eigenvalue weighted by Crippen LogP contribution is -3.17. The summed E-state index contributed by atoms with van der Waals surface area (Å²) in [4.78, 5) is 0.242. The lowest BCUT2D eigenvalue weighted by molar-refractivity contribution is -0.589. The highest BCUT2D eigenvalue weighted by molar-refractivity contribution is 6.58. The highest BCUT2D eigenvalue weighted by Gasteiger charge is 2.10. The summed E-state index contributed by atoms with van der Waals surface area (Å²) in [6.07, 6.45) is 0. The molecule has 1 fully saturated rings. The zero-order chi connectivity index (χ0) is 5.11. The first kappa shape index (κ1) is 5.18. The molecule has 1 heterocycles. The van der Waals surface area contributed by atoms with Crippen molar-refractivity contribution >= 4 is 22.6 Å². The molecule has 0 saturated carbocycles. The van der Waals surface area contributed by atoms with Crippen molar-refractivity contribution in [2.45, 2.75) is 0 Å². The van der Waals surface area contributed by atoms with Crippen molar-refractivity contribution in [2.24, 2.45) is 0 Å². The van der Waals surface area contributed by atoms with Gasteiger partial charge in [0.05, 0.1) is 0 Å². The minimum Gasteiger partial charge on any atom is -0.679 e. The minimum absolute atomic E-state index is 0.242. The van der Waals surface area contributed by atoms with Gasteiger partial charge in [-0.15, -0.1) is 0 Å². The molecule has 0 aromatic rings. The van der Waals surface area contributed by atoms with E-state index in [1.807, 2.05) is 0 Å². The van der Waals surface area contributed by atoms with Crippen LogP contribution >= 0.6 is 0 Å². The Morgan fingerprint density at radius 3 is 2.14 bits per heavy atom. The molecule has 1 rings (SSSR count). The fraction of sp³-hybridized carbons (Fsp3) is 0. The van der Waals surface area contributed by atoms with Crippen molar-refractivity contribution in [1.82, 2.24) is 10.3 Å². The number of quaternary nitrogens is 1. The van der Waals surface area contributed by atoms with Crippen LogP contribution in [0.5, 0.6) is 0 Å². The highest BCUT2D eigenvalue weighted by Crippen LogP contribution is 1.40. The van der Waals surface area contributed by atoms with Gasteiger partial charge in [0.25, 0.3) is 7.55 Å². The summed E-state index contributed by atoms with van der Waals surface area (Å²) in [6.45, 7) is 0. The summed E-state index contributed by atoms with van der Waals surface area (Å²) >= 11 is 0. The monoisotopic (exact) mass is 97.1 g/mol. The molecular formula is H6B3N3O. The molecule has 0 aromatic heterocycles. The number of hydrogen-bond acceptors (Lipinski definition) is 3. The van der Waals surface area contributed by atoms with Crippen LogP contribution in [0.3, 0.4) is 0 Å². The first-order chi connectivity index (χ1) is 3.39. The van der Waals surface area contributed by atoms with Crippen molar-refractivity contribution in [2.75, 3.05) is 0 Å². The van der Waals surface area contributed by atoms with Crippen LogP contribution in [0, 0.1) is 5.21 Å². The Kier molecular flexibility index (Phi) is 1.75. The zero-order valence-electron chi connectivity index (χ0n) is 4.03. The van der Waals surface area contributed by atoms with E-state index in [0.29, 0.717) is 15.1 Å². The summed E-state index contributed by atoms with van der Waals surface area (Å²) in [5.74, 6) is 0. The van der Waals surface area contributed by atoms with Crippen LogP contribution in [0.25, 0.3) is 0 Å². The Morgan fingerprint density at radius 1 is 1.29 bits per heavy atom. The van der Waals surface area contributed by atoms with Gasteiger partial charge in [-0.1, -0.05) is 0 Å². The third kappa shape index (κ3) is 1.52. The van der Waals surface area contributed by atoms with Gasteiger partial charge in [-0.05, 0) is 0 Å². The van der Waals surface area contributed by atoms with Crippen LogP contribution in [-0.2, 0) is 0 Å². The Bertz CT molecular complexity index is 52.1. The van der Waals surface area contributed by atoms with E-state index >= 15 is 0 Å². The Labute approximate surface area is 44.1 Å². The Morgan fingerprint density at radius 2 is 1.86 bits per heavy atom. The van der Waals surface area contributed by atoms with Gasteiger partial charge in [0.2, 0.25) is 0 Å². The first-order valence-electron chi connectivity index (χ1n) is 2.33. The summed E-state index contributed by atoms with van der Waals surface area (Å²) in [5, 5.41) is 16.1. The minimum atomic E-state index is 0.242. The van der Waals surface area contributed by atoms with Crippen molar-refractivity contribution in [1.29, 1.82) is 0 Å². The average Bonchev–Trinajstić information content (AvgIpc) is 1.69. The van der Waals surface area contributed by atoms with Crippen LogP contribution < -0.4 is 15.2 Å². The van der Waals surface area contributed by atoms with Crippen LogP contribution in [-0.4, -0.2) is 22.6 Å².